The van der Waals surface area contributed by atoms with Crippen LogP contribution in [-0.2, 0) is 19.5 Å². The lowest BCUT2D eigenvalue weighted by molar-refractivity contribution is 0.308. The van der Waals surface area contributed by atoms with Gasteiger partial charge in [0.2, 0.25) is 0 Å². The molecule has 0 bridgehead atoms. The predicted molar refractivity (Wildman–Crippen MR) is 130 cm³/mol. The summed E-state index contributed by atoms with van der Waals surface area (Å²) in [5.41, 5.74) is 4.54. The number of halogens is 3. The van der Waals surface area contributed by atoms with E-state index in [1.807, 2.05) is 12.1 Å². The summed E-state index contributed by atoms with van der Waals surface area (Å²) < 4.78 is 42.3. The van der Waals surface area contributed by atoms with Gasteiger partial charge in [-0.05, 0) is 95.9 Å². The minimum Gasteiger partial charge on any atom is -0.246 e. The molecular weight excluding hydrogens is 417 g/mol. The van der Waals surface area contributed by atoms with Crippen molar-refractivity contribution in [1.29, 1.82) is 0 Å². The first kappa shape index (κ1) is 23.6. The molecule has 0 nitrogen and oxygen atoms in total. The van der Waals surface area contributed by atoms with Gasteiger partial charge in [0.15, 0.2) is 0 Å². The zero-order chi connectivity index (χ0) is 23.2. The maximum absolute atomic E-state index is 14.8. The number of hydrogen-bond acceptors (Lipinski definition) is 0. The van der Waals surface area contributed by atoms with Gasteiger partial charge in [-0.15, -0.1) is 0 Å². The second-order valence-corrected chi connectivity index (χ2v) is 9.49. The molecule has 0 heterocycles. The largest absolute Gasteiger partial charge is 0.246 e. The summed E-state index contributed by atoms with van der Waals surface area (Å²) in [6, 6.07) is 17.9. The van der Waals surface area contributed by atoms with Crippen molar-refractivity contribution < 1.29 is 13.2 Å². The van der Waals surface area contributed by atoms with Crippen LogP contribution in [0.5, 0.6) is 0 Å². The van der Waals surface area contributed by atoms with Crippen molar-refractivity contribution in [2.45, 2.75) is 70.9 Å². The van der Waals surface area contributed by atoms with E-state index in [1.54, 1.807) is 36.4 Å². The maximum atomic E-state index is 14.8. The smallest absolute Gasteiger partial charge is 0.127 e. The number of alkyl halides is 1. The minimum atomic E-state index is -0.509. The molecule has 1 fully saturated rings. The Labute approximate surface area is 195 Å². The fraction of sp³-hybridized carbons (Fsp3) is 0.400. The number of rotatable bonds is 8. The predicted octanol–water partition coefficient (Wildman–Crippen LogP) is 8.96. The van der Waals surface area contributed by atoms with Crippen molar-refractivity contribution in [3.8, 4) is 11.1 Å². The molecule has 0 amide bonds. The number of hydrogen-bond donors (Lipinski definition) is 0. The van der Waals surface area contributed by atoms with Crippen LogP contribution in [0.1, 0.15) is 73.6 Å². The molecule has 0 unspecified atom stereocenters. The van der Waals surface area contributed by atoms with E-state index >= 15 is 0 Å². The molecule has 174 valence electrons. The van der Waals surface area contributed by atoms with E-state index in [1.165, 1.54) is 31.7 Å². The van der Waals surface area contributed by atoms with Crippen molar-refractivity contribution in [3.05, 3.63) is 94.6 Å². The van der Waals surface area contributed by atoms with Gasteiger partial charge in [-0.2, -0.15) is 0 Å². The number of benzene rings is 3. The van der Waals surface area contributed by atoms with Crippen molar-refractivity contribution >= 4 is 0 Å². The molecule has 1 saturated carbocycles. The molecule has 0 atom stereocenters. The highest BCUT2D eigenvalue weighted by Crippen LogP contribution is 2.38. The standard InChI is InChI=1S/C30H33F3/c1-2-3-21-4-8-23(9-5-21)27-16-14-25(29(32)18-27)12-13-26-15-17-28(19-30(26)33)24-10-6-22(20-31)7-11-24/h6-7,10-11,14-19,21,23H,2-5,8-9,12-13,20H2,1H3. The topological polar surface area (TPSA) is 0 Å². The average Bonchev–Trinajstić information content (AvgIpc) is 2.84. The Bertz CT molecular complexity index is 1050. The van der Waals surface area contributed by atoms with Crippen molar-refractivity contribution in [2.75, 3.05) is 0 Å². The molecule has 0 saturated heterocycles. The van der Waals surface area contributed by atoms with E-state index in [2.05, 4.69) is 13.0 Å². The van der Waals surface area contributed by atoms with Crippen molar-refractivity contribution in [3.63, 3.8) is 0 Å². The van der Waals surface area contributed by atoms with Gasteiger partial charge >= 0.3 is 0 Å². The summed E-state index contributed by atoms with van der Waals surface area (Å²) in [5.74, 6) is 0.841. The lowest BCUT2D eigenvalue weighted by atomic mass is 9.77. The molecule has 3 aromatic rings. The van der Waals surface area contributed by atoms with E-state index in [9.17, 15) is 13.2 Å². The molecular formula is C30H33F3. The Morgan fingerprint density at radius 3 is 1.91 bits per heavy atom. The van der Waals surface area contributed by atoms with Crippen LogP contribution in [0, 0.1) is 17.6 Å². The van der Waals surface area contributed by atoms with Gasteiger partial charge < -0.3 is 0 Å². The highest BCUT2D eigenvalue weighted by atomic mass is 19.1. The molecule has 3 heteroatoms. The second kappa shape index (κ2) is 11.0. The zero-order valence-corrected chi connectivity index (χ0v) is 19.4. The lowest BCUT2D eigenvalue weighted by Crippen LogP contribution is -2.13. The molecule has 0 spiro atoms. The van der Waals surface area contributed by atoms with Crippen LogP contribution in [0.4, 0.5) is 13.2 Å². The quantitative estimate of drug-likeness (QED) is 0.321. The lowest BCUT2D eigenvalue weighted by Gasteiger charge is -2.28. The van der Waals surface area contributed by atoms with Crippen LogP contribution in [0.15, 0.2) is 60.7 Å². The molecule has 1 aliphatic rings. The molecule has 0 aliphatic heterocycles. The van der Waals surface area contributed by atoms with Crippen LogP contribution >= 0.6 is 0 Å². The van der Waals surface area contributed by atoms with E-state index < -0.39 is 6.67 Å². The van der Waals surface area contributed by atoms with Gasteiger partial charge in [-0.1, -0.05) is 68.3 Å². The van der Waals surface area contributed by atoms with Crippen molar-refractivity contribution in [2.24, 2.45) is 5.92 Å². The summed E-state index contributed by atoms with van der Waals surface area (Å²) in [6.45, 7) is 1.74. The fourth-order valence-corrected chi connectivity index (χ4v) is 5.20. The molecule has 33 heavy (non-hydrogen) atoms. The Hall–Kier alpha value is -2.55. The van der Waals surface area contributed by atoms with Crippen LogP contribution in [0.25, 0.3) is 11.1 Å². The highest BCUT2D eigenvalue weighted by Gasteiger charge is 2.22. The molecule has 0 aromatic heterocycles. The summed E-state index contributed by atoms with van der Waals surface area (Å²) in [7, 11) is 0. The normalized spacial score (nSPS) is 18.4. The molecule has 1 aliphatic carbocycles. The molecule has 0 radical (unpaired) electrons. The zero-order valence-electron chi connectivity index (χ0n) is 19.4. The van der Waals surface area contributed by atoms with Gasteiger partial charge in [-0.25, -0.2) is 13.2 Å². The van der Waals surface area contributed by atoms with E-state index in [4.69, 9.17) is 0 Å². The molecule has 4 rings (SSSR count). The SMILES string of the molecule is CCCC1CCC(c2ccc(CCc3ccc(-c4ccc(CF)cc4)cc3F)c(F)c2)CC1. The number of aryl methyl sites for hydroxylation is 2. The first-order valence-corrected chi connectivity index (χ1v) is 12.3. The fourth-order valence-electron chi connectivity index (χ4n) is 5.20. The third-order valence-corrected chi connectivity index (χ3v) is 7.25. The van der Waals surface area contributed by atoms with E-state index in [0.29, 0.717) is 35.4 Å². The van der Waals surface area contributed by atoms with Gasteiger partial charge in [-0.3, -0.25) is 0 Å². The van der Waals surface area contributed by atoms with Crippen LogP contribution < -0.4 is 0 Å². The second-order valence-electron chi connectivity index (χ2n) is 9.49. The third kappa shape index (κ3) is 5.88. The van der Waals surface area contributed by atoms with E-state index in [0.717, 1.165) is 35.4 Å². The van der Waals surface area contributed by atoms with E-state index in [-0.39, 0.29) is 11.6 Å². The Kier molecular flexibility index (Phi) is 7.90. The van der Waals surface area contributed by atoms with Gasteiger partial charge in [0, 0.05) is 0 Å². The molecule has 0 N–H and O–H groups in total. The summed E-state index contributed by atoms with van der Waals surface area (Å²) in [4.78, 5) is 0. The van der Waals surface area contributed by atoms with Gasteiger partial charge in [0.1, 0.15) is 18.3 Å². The van der Waals surface area contributed by atoms with Crippen LogP contribution in [0.2, 0.25) is 0 Å². The first-order chi connectivity index (χ1) is 16.1. The minimum absolute atomic E-state index is 0.173. The summed E-state index contributed by atoms with van der Waals surface area (Å²) >= 11 is 0. The highest BCUT2D eigenvalue weighted by molar-refractivity contribution is 5.64. The van der Waals surface area contributed by atoms with Crippen molar-refractivity contribution in [1.82, 2.24) is 0 Å². The average molecular weight is 451 g/mol. The third-order valence-electron chi connectivity index (χ3n) is 7.25. The Balaban J connectivity index is 1.37. The monoisotopic (exact) mass is 450 g/mol. The van der Waals surface area contributed by atoms with Crippen LogP contribution in [-0.4, -0.2) is 0 Å². The summed E-state index contributed by atoms with van der Waals surface area (Å²) in [6.07, 6.45) is 8.27. The summed E-state index contributed by atoms with van der Waals surface area (Å²) in [5, 5.41) is 0. The first-order valence-electron chi connectivity index (χ1n) is 12.3. The van der Waals surface area contributed by atoms with Gasteiger partial charge in [0.05, 0.1) is 0 Å². The van der Waals surface area contributed by atoms with Gasteiger partial charge in [0.25, 0.3) is 0 Å². The Morgan fingerprint density at radius 2 is 1.33 bits per heavy atom. The Morgan fingerprint density at radius 1 is 0.727 bits per heavy atom. The van der Waals surface area contributed by atoms with Crippen LogP contribution in [0.3, 0.4) is 0 Å². The maximum Gasteiger partial charge on any atom is 0.127 e. The molecule has 3 aromatic carbocycles.